The molecule has 2 rings (SSSR count). The SMILES string of the molecule is CC(C)(C)C(=O)NCCC(=O)N1CCN(CC(=O)N2CCCCCC2)CC1. The highest BCUT2D eigenvalue weighted by atomic mass is 16.2. The third-order valence-corrected chi connectivity index (χ3v) is 5.35. The fourth-order valence-corrected chi connectivity index (χ4v) is 3.47. The molecule has 154 valence electrons. The molecule has 2 fully saturated rings. The van der Waals surface area contributed by atoms with E-state index in [0.29, 0.717) is 32.6 Å². The summed E-state index contributed by atoms with van der Waals surface area (Å²) in [5.74, 6) is 0.261. The van der Waals surface area contributed by atoms with Gasteiger partial charge in [-0.15, -0.1) is 0 Å². The van der Waals surface area contributed by atoms with Gasteiger partial charge in [0.1, 0.15) is 0 Å². The lowest BCUT2D eigenvalue weighted by Crippen LogP contribution is -2.52. The van der Waals surface area contributed by atoms with Crippen molar-refractivity contribution in [3.8, 4) is 0 Å². The Morgan fingerprint density at radius 3 is 1.89 bits per heavy atom. The van der Waals surface area contributed by atoms with Crippen molar-refractivity contribution in [1.29, 1.82) is 0 Å². The number of carbonyl (C=O) groups excluding carboxylic acids is 3. The van der Waals surface area contributed by atoms with Crippen LogP contribution >= 0.6 is 0 Å². The van der Waals surface area contributed by atoms with Gasteiger partial charge in [0.15, 0.2) is 0 Å². The molecule has 27 heavy (non-hydrogen) atoms. The summed E-state index contributed by atoms with van der Waals surface area (Å²) in [5.41, 5.74) is -0.436. The fraction of sp³-hybridized carbons (Fsp3) is 0.850. The highest BCUT2D eigenvalue weighted by molar-refractivity contribution is 5.82. The smallest absolute Gasteiger partial charge is 0.236 e. The van der Waals surface area contributed by atoms with Gasteiger partial charge in [0.25, 0.3) is 0 Å². The molecule has 0 saturated carbocycles. The van der Waals surface area contributed by atoms with Crippen LogP contribution in [0.1, 0.15) is 52.9 Å². The largest absolute Gasteiger partial charge is 0.355 e. The van der Waals surface area contributed by atoms with E-state index < -0.39 is 5.41 Å². The molecule has 2 aliphatic rings. The maximum Gasteiger partial charge on any atom is 0.236 e. The van der Waals surface area contributed by atoms with Crippen molar-refractivity contribution in [1.82, 2.24) is 20.0 Å². The Bertz CT molecular complexity index is 514. The van der Waals surface area contributed by atoms with Crippen molar-refractivity contribution in [3.63, 3.8) is 0 Å². The predicted molar refractivity (Wildman–Crippen MR) is 105 cm³/mol. The second-order valence-corrected chi connectivity index (χ2v) is 8.71. The minimum Gasteiger partial charge on any atom is -0.355 e. The maximum absolute atomic E-state index is 12.5. The van der Waals surface area contributed by atoms with E-state index in [0.717, 1.165) is 39.0 Å². The second-order valence-electron chi connectivity index (χ2n) is 8.71. The third kappa shape index (κ3) is 7.13. The maximum atomic E-state index is 12.5. The molecule has 0 aromatic heterocycles. The molecule has 0 atom stereocenters. The van der Waals surface area contributed by atoms with Crippen molar-refractivity contribution in [3.05, 3.63) is 0 Å². The van der Waals surface area contributed by atoms with Crippen LogP contribution in [0.15, 0.2) is 0 Å². The van der Waals surface area contributed by atoms with E-state index in [-0.39, 0.29) is 17.7 Å². The monoisotopic (exact) mass is 380 g/mol. The van der Waals surface area contributed by atoms with Crippen molar-refractivity contribution in [2.24, 2.45) is 5.41 Å². The first-order chi connectivity index (χ1) is 12.8. The summed E-state index contributed by atoms with van der Waals surface area (Å²) in [6.07, 6.45) is 5.00. The van der Waals surface area contributed by atoms with Crippen LogP contribution in [0.3, 0.4) is 0 Å². The Balaban J connectivity index is 1.66. The minimum absolute atomic E-state index is 0.0351. The molecule has 7 nitrogen and oxygen atoms in total. The van der Waals surface area contributed by atoms with Gasteiger partial charge in [-0.05, 0) is 12.8 Å². The summed E-state index contributed by atoms with van der Waals surface area (Å²) in [6, 6.07) is 0. The van der Waals surface area contributed by atoms with E-state index in [4.69, 9.17) is 0 Å². The molecule has 0 spiro atoms. The van der Waals surface area contributed by atoms with E-state index in [1.165, 1.54) is 12.8 Å². The summed E-state index contributed by atoms with van der Waals surface area (Å²) in [6.45, 7) is 11.0. The number of hydrogen-bond donors (Lipinski definition) is 1. The molecule has 2 saturated heterocycles. The van der Waals surface area contributed by atoms with E-state index >= 15 is 0 Å². The Labute approximate surface area is 163 Å². The van der Waals surface area contributed by atoms with Gasteiger partial charge in [0.2, 0.25) is 17.7 Å². The summed E-state index contributed by atoms with van der Waals surface area (Å²) < 4.78 is 0. The summed E-state index contributed by atoms with van der Waals surface area (Å²) >= 11 is 0. The molecule has 7 heteroatoms. The van der Waals surface area contributed by atoms with Crippen LogP contribution in [-0.2, 0) is 14.4 Å². The van der Waals surface area contributed by atoms with Crippen LogP contribution in [0.25, 0.3) is 0 Å². The Morgan fingerprint density at radius 1 is 0.778 bits per heavy atom. The van der Waals surface area contributed by atoms with Crippen LogP contribution in [0.4, 0.5) is 0 Å². The lowest BCUT2D eigenvalue weighted by molar-refractivity contribution is -0.135. The van der Waals surface area contributed by atoms with Crippen LogP contribution in [0.2, 0.25) is 0 Å². The van der Waals surface area contributed by atoms with Crippen LogP contribution < -0.4 is 5.32 Å². The zero-order valence-corrected chi connectivity index (χ0v) is 17.3. The molecule has 1 N–H and O–H groups in total. The van der Waals surface area contributed by atoms with Crippen molar-refractivity contribution < 1.29 is 14.4 Å². The summed E-state index contributed by atoms with van der Waals surface area (Å²) in [5, 5.41) is 2.82. The number of hydrogen-bond acceptors (Lipinski definition) is 4. The molecular formula is C20H36N4O3. The molecule has 0 aromatic carbocycles. The number of carbonyl (C=O) groups is 3. The average molecular weight is 381 g/mol. The topological polar surface area (TPSA) is 73.0 Å². The van der Waals surface area contributed by atoms with Crippen LogP contribution in [-0.4, -0.2) is 84.8 Å². The normalized spacial score (nSPS) is 19.5. The van der Waals surface area contributed by atoms with E-state index in [2.05, 4.69) is 10.2 Å². The van der Waals surface area contributed by atoms with Crippen LogP contribution in [0.5, 0.6) is 0 Å². The molecule has 2 heterocycles. The standard InChI is InChI=1S/C20H36N4O3/c1-20(2,3)19(27)21-9-8-17(25)24-14-12-22(13-15-24)16-18(26)23-10-6-4-5-7-11-23/h4-16H2,1-3H3,(H,21,27). The number of piperazine rings is 1. The molecule has 2 aliphatic heterocycles. The lowest BCUT2D eigenvalue weighted by Gasteiger charge is -2.35. The van der Waals surface area contributed by atoms with Gasteiger partial charge in [-0.2, -0.15) is 0 Å². The number of likely N-dealkylation sites (tertiary alicyclic amines) is 1. The van der Waals surface area contributed by atoms with Gasteiger partial charge in [0.05, 0.1) is 6.54 Å². The molecule has 0 aliphatic carbocycles. The molecular weight excluding hydrogens is 344 g/mol. The highest BCUT2D eigenvalue weighted by Crippen LogP contribution is 2.13. The van der Waals surface area contributed by atoms with Crippen molar-refractivity contribution in [2.45, 2.75) is 52.9 Å². The van der Waals surface area contributed by atoms with Gasteiger partial charge >= 0.3 is 0 Å². The Hall–Kier alpha value is -1.63. The fourth-order valence-electron chi connectivity index (χ4n) is 3.47. The first-order valence-corrected chi connectivity index (χ1v) is 10.3. The average Bonchev–Trinajstić information content (AvgIpc) is 2.90. The molecule has 0 aromatic rings. The molecule has 0 bridgehead atoms. The van der Waals surface area contributed by atoms with Gasteiger partial charge in [-0.25, -0.2) is 0 Å². The minimum atomic E-state index is -0.436. The molecule has 0 unspecified atom stereocenters. The number of amides is 3. The van der Waals surface area contributed by atoms with Crippen molar-refractivity contribution in [2.75, 3.05) is 52.4 Å². The van der Waals surface area contributed by atoms with E-state index in [1.807, 2.05) is 30.6 Å². The zero-order chi connectivity index (χ0) is 19.9. The molecule has 0 radical (unpaired) electrons. The lowest BCUT2D eigenvalue weighted by atomic mass is 9.96. The van der Waals surface area contributed by atoms with Gasteiger partial charge < -0.3 is 15.1 Å². The third-order valence-electron chi connectivity index (χ3n) is 5.35. The van der Waals surface area contributed by atoms with Crippen LogP contribution in [0, 0.1) is 5.41 Å². The molecule has 3 amide bonds. The first kappa shape index (κ1) is 21.7. The van der Waals surface area contributed by atoms with Crippen molar-refractivity contribution >= 4 is 17.7 Å². The van der Waals surface area contributed by atoms with E-state index in [9.17, 15) is 14.4 Å². The number of nitrogens with zero attached hydrogens (tertiary/aromatic N) is 3. The quantitative estimate of drug-likeness (QED) is 0.775. The summed E-state index contributed by atoms with van der Waals surface area (Å²) in [4.78, 5) is 42.6. The Kier molecular flexibility index (Phi) is 8.07. The second kappa shape index (κ2) is 10.1. The first-order valence-electron chi connectivity index (χ1n) is 10.3. The number of nitrogens with one attached hydrogen (secondary N) is 1. The van der Waals surface area contributed by atoms with Gasteiger partial charge in [-0.1, -0.05) is 33.6 Å². The highest BCUT2D eigenvalue weighted by Gasteiger charge is 2.25. The van der Waals surface area contributed by atoms with E-state index in [1.54, 1.807) is 0 Å². The number of rotatable bonds is 5. The van der Waals surface area contributed by atoms with Gasteiger partial charge in [-0.3, -0.25) is 19.3 Å². The summed E-state index contributed by atoms with van der Waals surface area (Å²) in [7, 11) is 0. The van der Waals surface area contributed by atoms with Gasteiger partial charge in [0, 0.05) is 57.6 Å². The Morgan fingerprint density at radius 2 is 1.33 bits per heavy atom. The predicted octanol–water partition coefficient (Wildman–Crippen LogP) is 1.09. The zero-order valence-electron chi connectivity index (χ0n) is 17.3.